The Labute approximate surface area is 115 Å². The van der Waals surface area contributed by atoms with E-state index in [9.17, 15) is 18.0 Å². The van der Waals surface area contributed by atoms with Crippen LogP contribution in [0.5, 0.6) is 0 Å². The molecule has 108 valence electrons. The summed E-state index contributed by atoms with van der Waals surface area (Å²) in [5.74, 6) is -1.86. The molecular formula is C15H16F3NO. The summed E-state index contributed by atoms with van der Waals surface area (Å²) in [5, 5.41) is 2.10. The Bertz CT molecular complexity index is 494. The molecule has 0 aliphatic heterocycles. The molecule has 0 radical (unpaired) electrons. The first kappa shape index (κ1) is 14.6. The van der Waals surface area contributed by atoms with E-state index >= 15 is 0 Å². The van der Waals surface area contributed by atoms with Gasteiger partial charge in [-0.15, -0.1) is 0 Å². The minimum atomic E-state index is -4.82. The van der Waals surface area contributed by atoms with Gasteiger partial charge in [0.2, 0.25) is 0 Å². The van der Waals surface area contributed by atoms with E-state index in [0.29, 0.717) is 6.42 Å². The van der Waals surface area contributed by atoms with Gasteiger partial charge in [-0.2, -0.15) is 13.2 Å². The largest absolute Gasteiger partial charge is 0.471 e. The molecule has 1 aromatic carbocycles. The maximum Gasteiger partial charge on any atom is 0.471 e. The molecule has 0 spiro atoms. The molecule has 1 amide bonds. The van der Waals surface area contributed by atoms with Gasteiger partial charge in [0.15, 0.2) is 0 Å². The molecule has 0 saturated heterocycles. The lowest BCUT2D eigenvalue weighted by Gasteiger charge is -2.27. The van der Waals surface area contributed by atoms with E-state index in [2.05, 4.69) is 5.32 Å². The molecular weight excluding hydrogens is 267 g/mol. The van der Waals surface area contributed by atoms with E-state index in [1.165, 1.54) is 0 Å². The molecule has 2 rings (SSSR count). The second-order valence-electron chi connectivity index (χ2n) is 4.90. The zero-order valence-corrected chi connectivity index (χ0v) is 10.9. The fourth-order valence-corrected chi connectivity index (χ4v) is 2.38. The number of carbonyl (C=O) groups is 1. The molecule has 2 nitrogen and oxygen atoms in total. The van der Waals surface area contributed by atoms with Gasteiger partial charge in [-0.05, 0) is 30.4 Å². The Hall–Kier alpha value is -1.78. The Morgan fingerprint density at radius 1 is 1.20 bits per heavy atom. The van der Waals surface area contributed by atoms with Crippen molar-refractivity contribution < 1.29 is 18.0 Å². The third-order valence-electron chi connectivity index (χ3n) is 3.37. The fourth-order valence-electron chi connectivity index (χ4n) is 2.38. The van der Waals surface area contributed by atoms with Gasteiger partial charge in [0.05, 0.1) is 6.04 Å². The highest BCUT2D eigenvalue weighted by Crippen LogP contribution is 2.27. The number of hydrogen-bond donors (Lipinski definition) is 1. The quantitative estimate of drug-likeness (QED) is 0.881. The predicted octanol–water partition coefficient (Wildman–Crippen LogP) is 3.69. The van der Waals surface area contributed by atoms with E-state index in [1.54, 1.807) is 0 Å². The molecule has 1 atom stereocenters. The van der Waals surface area contributed by atoms with Crippen LogP contribution in [0.25, 0.3) is 6.08 Å². The van der Waals surface area contributed by atoms with E-state index in [1.807, 2.05) is 36.4 Å². The number of alkyl halides is 3. The molecule has 5 heteroatoms. The summed E-state index contributed by atoms with van der Waals surface area (Å²) in [6.07, 6.45) is 0.0972. The van der Waals surface area contributed by atoms with Crippen LogP contribution in [0.2, 0.25) is 0 Å². The summed E-state index contributed by atoms with van der Waals surface area (Å²) in [5.41, 5.74) is 1.80. The molecule has 20 heavy (non-hydrogen) atoms. The number of rotatable bonds is 2. The van der Waals surface area contributed by atoms with Gasteiger partial charge in [-0.3, -0.25) is 4.79 Å². The van der Waals surface area contributed by atoms with Crippen molar-refractivity contribution in [3.05, 3.63) is 41.5 Å². The Morgan fingerprint density at radius 2 is 1.90 bits per heavy atom. The molecule has 0 aromatic heterocycles. The van der Waals surface area contributed by atoms with Gasteiger partial charge in [0.25, 0.3) is 0 Å². The Kier molecular flexibility index (Phi) is 4.47. The van der Waals surface area contributed by atoms with Crippen LogP contribution < -0.4 is 5.32 Å². The fraction of sp³-hybridized carbons (Fsp3) is 0.400. The molecule has 1 aromatic rings. The third-order valence-corrected chi connectivity index (χ3v) is 3.37. The van der Waals surface area contributed by atoms with Crippen LogP contribution in [-0.4, -0.2) is 18.1 Å². The second kappa shape index (κ2) is 6.11. The number of nitrogens with one attached hydrogen (secondary N) is 1. The summed E-state index contributed by atoms with van der Waals surface area (Å²) in [6.45, 7) is 0. The highest BCUT2D eigenvalue weighted by molar-refractivity contribution is 5.82. The summed E-state index contributed by atoms with van der Waals surface area (Å²) < 4.78 is 37.0. The summed E-state index contributed by atoms with van der Waals surface area (Å²) in [7, 11) is 0. The summed E-state index contributed by atoms with van der Waals surface area (Å²) in [4.78, 5) is 11.1. The lowest BCUT2D eigenvalue weighted by Crippen LogP contribution is -2.44. The van der Waals surface area contributed by atoms with Crippen LogP contribution in [0.15, 0.2) is 35.9 Å². The first-order valence-electron chi connectivity index (χ1n) is 6.60. The number of hydrogen-bond acceptors (Lipinski definition) is 1. The van der Waals surface area contributed by atoms with Crippen molar-refractivity contribution in [1.82, 2.24) is 5.32 Å². The maximum absolute atomic E-state index is 12.3. The smallest absolute Gasteiger partial charge is 0.342 e. The van der Waals surface area contributed by atoms with Crippen molar-refractivity contribution >= 4 is 12.0 Å². The minimum Gasteiger partial charge on any atom is -0.342 e. The topological polar surface area (TPSA) is 29.1 Å². The number of halogens is 3. The number of carbonyl (C=O) groups excluding carboxylic acids is 1. The maximum atomic E-state index is 12.3. The van der Waals surface area contributed by atoms with Gasteiger partial charge in [-0.1, -0.05) is 42.8 Å². The highest BCUT2D eigenvalue weighted by Gasteiger charge is 2.40. The van der Waals surface area contributed by atoms with Gasteiger partial charge in [-0.25, -0.2) is 0 Å². The Morgan fingerprint density at radius 3 is 2.55 bits per heavy atom. The van der Waals surface area contributed by atoms with Crippen molar-refractivity contribution in [3.8, 4) is 0 Å². The monoisotopic (exact) mass is 283 g/mol. The van der Waals surface area contributed by atoms with Crippen LogP contribution in [0.1, 0.15) is 31.2 Å². The van der Waals surface area contributed by atoms with E-state index in [4.69, 9.17) is 0 Å². The van der Waals surface area contributed by atoms with E-state index < -0.39 is 18.1 Å². The number of benzene rings is 1. The SMILES string of the molecule is O=C(NC1CCCCC1=Cc1ccccc1)C(F)(F)F. The van der Waals surface area contributed by atoms with Crippen LogP contribution in [0, 0.1) is 0 Å². The molecule has 1 N–H and O–H groups in total. The second-order valence-corrected chi connectivity index (χ2v) is 4.90. The Balaban J connectivity index is 2.14. The summed E-state index contributed by atoms with van der Waals surface area (Å²) in [6, 6.07) is 8.90. The molecule has 1 aliphatic rings. The standard InChI is InChI=1S/C15H16F3NO/c16-15(17,18)14(20)19-13-9-5-4-8-12(13)10-11-6-2-1-3-7-11/h1-3,6-7,10,13H,4-5,8-9H2,(H,19,20). The molecule has 1 fully saturated rings. The lowest BCUT2D eigenvalue weighted by atomic mass is 9.88. The van der Waals surface area contributed by atoms with Crippen molar-refractivity contribution in [1.29, 1.82) is 0 Å². The first-order valence-corrected chi connectivity index (χ1v) is 6.60. The van der Waals surface area contributed by atoms with Crippen LogP contribution in [0.3, 0.4) is 0 Å². The molecule has 1 saturated carbocycles. The third kappa shape index (κ3) is 3.85. The zero-order chi connectivity index (χ0) is 14.6. The molecule has 1 unspecified atom stereocenters. The summed E-state index contributed by atoms with van der Waals surface area (Å²) >= 11 is 0. The lowest BCUT2D eigenvalue weighted by molar-refractivity contribution is -0.174. The predicted molar refractivity (Wildman–Crippen MR) is 70.9 cm³/mol. The van der Waals surface area contributed by atoms with Crippen LogP contribution in [-0.2, 0) is 4.79 Å². The minimum absolute atomic E-state index is 0.516. The normalized spacial score (nSPS) is 21.8. The molecule has 0 bridgehead atoms. The molecule has 0 heterocycles. The first-order chi connectivity index (χ1) is 9.47. The van der Waals surface area contributed by atoms with E-state index in [0.717, 1.165) is 30.4 Å². The number of amides is 1. The van der Waals surface area contributed by atoms with E-state index in [-0.39, 0.29) is 0 Å². The van der Waals surface area contributed by atoms with Gasteiger partial charge >= 0.3 is 12.1 Å². The van der Waals surface area contributed by atoms with Gasteiger partial charge in [0.1, 0.15) is 0 Å². The molecule has 1 aliphatic carbocycles. The zero-order valence-electron chi connectivity index (χ0n) is 10.9. The van der Waals surface area contributed by atoms with Gasteiger partial charge in [0, 0.05) is 0 Å². The van der Waals surface area contributed by atoms with Crippen molar-refractivity contribution in [2.75, 3.05) is 0 Å². The van der Waals surface area contributed by atoms with Crippen molar-refractivity contribution in [3.63, 3.8) is 0 Å². The average molecular weight is 283 g/mol. The van der Waals surface area contributed by atoms with Crippen LogP contribution >= 0.6 is 0 Å². The average Bonchev–Trinajstić information content (AvgIpc) is 2.41. The van der Waals surface area contributed by atoms with Crippen molar-refractivity contribution in [2.45, 2.75) is 37.9 Å². The van der Waals surface area contributed by atoms with Crippen molar-refractivity contribution in [2.24, 2.45) is 0 Å². The van der Waals surface area contributed by atoms with Gasteiger partial charge < -0.3 is 5.32 Å². The van der Waals surface area contributed by atoms with Crippen LogP contribution in [0.4, 0.5) is 13.2 Å². The highest BCUT2D eigenvalue weighted by atomic mass is 19.4.